The van der Waals surface area contributed by atoms with Crippen LogP contribution in [0.5, 0.6) is 11.5 Å². The number of ketones is 1. The highest BCUT2D eigenvalue weighted by Crippen LogP contribution is 2.45. The first-order valence-corrected chi connectivity index (χ1v) is 16.1. The van der Waals surface area contributed by atoms with Gasteiger partial charge in [0.25, 0.3) is 5.78 Å². The molecule has 4 aromatic rings. The van der Waals surface area contributed by atoms with E-state index in [0.29, 0.717) is 45.0 Å². The highest BCUT2D eigenvalue weighted by Gasteiger charge is 2.48. The van der Waals surface area contributed by atoms with Crippen LogP contribution in [-0.4, -0.2) is 39.7 Å². The highest BCUT2D eigenvalue weighted by molar-refractivity contribution is 8.00. The zero-order valence-corrected chi connectivity index (χ0v) is 25.8. The maximum Gasteiger partial charge on any atom is 0.301 e. The van der Waals surface area contributed by atoms with Crippen LogP contribution >= 0.6 is 34.7 Å². The zero-order valence-electron chi connectivity index (χ0n) is 23.5. The lowest BCUT2D eigenvalue weighted by molar-refractivity contribution is -0.132. The summed E-state index contributed by atoms with van der Waals surface area (Å²) in [6.45, 7) is 4.50. The van der Waals surface area contributed by atoms with Crippen LogP contribution in [0, 0.1) is 0 Å². The Labute approximate surface area is 262 Å². The fraction of sp³-hybridized carbons (Fsp3) is 0.250. The van der Waals surface area contributed by atoms with Crippen LogP contribution in [0.2, 0.25) is 5.02 Å². The Morgan fingerprint density at radius 3 is 2.79 bits per heavy atom. The number of fused-ring (bicyclic) bond motifs is 1. The van der Waals surface area contributed by atoms with Gasteiger partial charge in [-0.2, -0.15) is 0 Å². The van der Waals surface area contributed by atoms with Crippen molar-refractivity contribution in [1.82, 2.24) is 10.2 Å². The molecule has 3 aromatic carbocycles. The van der Waals surface area contributed by atoms with E-state index in [9.17, 15) is 14.7 Å². The fourth-order valence-electron chi connectivity index (χ4n) is 5.18. The second-order valence-electron chi connectivity index (χ2n) is 10.3. The van der Waals surface area contributed by atoms with Crippen molar-refractivity contribution >= 4 is 57.3 Å². The number of benzene rings is 3. The summed E-state index contributed by atoms with van der Waals surface area (Å²) in [5.74, 6) is 0.0650. The van der Waals surface area contributed by atoms with Gasteiger partial charge in [-0.3, -0.25) is 14.5 Å². The van der Waals surface area contributed by atoms with Gasteiger partial charge in [-0.05, 0) is 66.4 Å². The van der Waals surface area contributed by atoms with Crippen LogP contribution in [-0.2, 0) is 21.8 Å². The van der Waals surface area contributed by atoms with Gasteiger partial charge in [0, 0.05) is 22.8 Å². The SMILES string of the molecule is CCCOc1cccc([C@H]2/C(=C(\O)c3ccc4c(c3)C[C@@H](C)O4)C(=O)C(=O)N2c2nnc(SCc3ccccc3Cl)s2)c1. The van der Waals surface area contributed by atoms with Gasteiger partial charge in [-0.1, -0.05) is 72.0 Å². The number of rotatable bonds is 9. The molecule has 3 heterocycles. The molecule has 8 nitrogen and oxygen atoms in total. The zero-order chi connectivity index (χ0) is 30.1. The van der Waals surface area contributed by atoms with Gasteiger partial charge < -0.3 is 14.6 Å². The van der Waals surface area contributed by atoms with E-state index in [1.165, 1.54) is 28.0 Å². The van der Waals surface area contributed by atoms with Crippen LogP contribution in [0.3, 0.4) is 0 Å². The van der Waals surface area contributed by atoms with E-state index >= 15 is 0 Å². The van der Waals surface area contributed by atoms with E-state index in [-0.39, 0.29) is 22.6 Å². The van der Waals surface area contributed by atoms with Gasteiger partial charge >= 0.3 is 5.91 Å². The summed E-state index contributed by atoms with van der Waals surface area (Å²) in [7, 11) is 0. The topological polar surface area (TPSA) is 102 Å². The number of Topliss-reactive ketones (excluding diaryl/α,β-unsaturated/α-hetero) is 1. The third-order valence-corrected chi connectivity index (χ3v) is 9.64. The second kappa shape index (κ2) is 12.4. The molecule has 2 aliphatic rings. The van der Waals surface area contributed by atoms with Crippen molar-refractivity contribution in [2.24, 2.45) is 0 Å². The lowest BCUT2D eigenvalue weighted by atomic mass is 9.94. The van der Waals surface area contributed by atoms with Crippen LogP contribution in [0.4, 0.5) is 5.13 Å². The molecule has 0 unspecified atom stereocenters. The normalized spacial score (nSPS) is 19.0. The third-order valence-electron chi connectivity index (χ3n) is 7.17. The molecule has 0 bridgehead atoms. The number of carbonyl (C=O) groups is 2. The van der Waals surface area contributed by atoms with Gasteiger partial charge in [0.1, 0.15) is 23.4 Å². The van der Waals surface area contributed by atoms with E-state index in [1.54, 1.807) is 24.3 Å². The molecule has 1 N–H and O–H groups in total. The van der Waals surface area contributed by atoms with Crippen molar-refractivity contribution in [3.8, 4) is 11.5 Å². The first-order valence-electron chi connectivity index (χ1n) is 13.9. The number of halogens is 1. The smallest absolute Gasteiger partial charge is 0.301 e. The predicted octanol–water partition coefficient (Wildman–Crippen LogP) is 7.22. The summed E-state index contributed by atoms with van der Waals surface area (Å²) in [4.78, 5) is 28.6. The number of aliphatic hydroxyl groups is 1. The Morgan fingerprint density at radius 2 is 1.98 bits per heavy atom. The van der Waals surface area contributed by atoms with Crippen LogP contribution < -0.4 is 14.4 Å². The van der Waals surface area contributed by atoms with Crippen molar-refractivity contribution < 1.29 is 24.2 Å². The molecule has 0 radical (unpaired) electrons. The van der Waals surface area contributed by atoms with Gasteiger partial charge in [-0.25, -0.2) is 0 Å². The molecule has 0 spiro atoms. The molecule has 43 heavy (non-hydrogen) atoms. The molecule has 2 aliphatic heterocycles. The number of hydrogen-bond acceptors (Lipinski definition) is 9. The average molecular weight is 634 g/mol. The first-order chi connectivity index (χ1) is 20.8. The van der Waals surface area contributed by atoms with E-state index in [1.807, 2.05) is 56.3 Å². The number of nitrogens with zero attached hydrogens (tertiary/aromatic N) is 3. The Hall–Kier alpha value is -3.86. The molecule has 11 heteroatoms. The van der Waals surface area contributed by atoms with Crippen LogP contribution in [0.1, 0.15) is 48.6 Å². The Balaban J connectivity index is 1.40. The minimum Gasteiger partial charge on any atom is -0.507 e. The summed E-state index contributed by atoms with van der Waals surface area (Å²) >= 11 is 8.96. The highest BCUT2D eigenvalue weighted by atomic mass is 35.5. The number of thioether (sulfide) groups is 1. The average Bonchev–Trinajstić information content (AvgIpc) is 3.70. The Bertz CT molecular complexity index is 1740. The first kappa shape index (κ1) is 29.2. The molecule has 2 atom stereocenters. The van der Waals surface area contributed by atoms with E-state index in [0.717, 1.165) is 23.3 Å². The van der Waals surface area contributed by atoms with Crippen molar-refractivity contribution in [2.75, 3.05) is 11.5 Å². The largest absolute Gasteiger partial charge is 0.507 e. The van der Waals surface area contributed by atoms with E-state index in [4.69, 9.17) is 21.1 Å². The summed E-state index contributed by atoms with van der Waals surface area (Å²) in [5, 5.41) is 21.1. The fourth-order valence-corrected chi connectivity index (χ4v) is 7.33. The van der Waals surface area contributed by atoms with Crippen molar-refractivity contribution in [2.45, 2.75) is 48.9 Å². The number of carbonyl (C=O) groups excluding carboxylic acids is 2. The summed E-state index contributed by atoms with van der Waals surface area (Å²) in [5.41, 5.74) is 2.90. The maximum absolute atomic E-state index is 13.7. The van der Waals surface area contributed by atoms with Crippen molar-refractivity contribution in [3.63, 3.8) is 0 Å². The number of aromatic nitrogens is 2. The van der Waals surface area contributed by atoms with Gasteiger partial charge in [-0.15, -0.1) is 10.2 Å². The monoisotopic (exact) mass is 633 g/mol. The van der Waals surface area contributed by atoms with Gasteiger partial charge in [0.15, 0.2) is 4.34 Å². The number of ether oxygens (including phenoxy) is 2. The number of anilines is 1. The predicted molar refractivity (Wildman–Crippen MR) is 168 cm³/mol. The molecule has 0 saturated carbocycles. The number of amides is 1. The van der Waals surface area contributed by atoms with Gasteiger partial charge in [0.05, 0.1) is 18.2 Å². The Kier molecular flexibility index (Phi) is 8.43. The second-order valence-corrected chi connectivity index (χ2v) is 12.9. The minimum atomic E-state index is -0.942. The van der Waals surface area contributed by atoms with E-state index < -0.39 is 17.7 Å². The van der Waals surface area contributed by atoms with Crippen molar-refractivity contribution in [1.29, 1.82) is 0 Å². The molecule has 0 aliphatic carbocycles. The van der Waals surface area contributed by atoms with Gasteiger partial charge in [0.2, 0.25) is 5.13 Å². The molecule has 6 rings (SSSR count). The minimum absolute atomic E-state index is 0.0196. The van der Waals surface area contributed by atoms with E-state index in [2.05, 4.69) is 10.2 Å². The lowest BCUT2D eigenvalue weighted by Gasteiger charge is -2.23. The molecule has 220 valence electrons. The molecule has 1 saturated heterocycles. The standard InChI is InChI=1S/C32H28ClN3O5S2/c1-3-13-40-23-9-6-8-19(16-23)27-26(28(37)20-11-12-25-22(15-20)14-18(2)41-25)29(38)30(39)36(27)31-34-35-32(43-31)42-17-21-7-4-5-10-24(21)33/h4-12,15-16,18,27,37H,3,13-14,17H2,1-2H3/b28-26+/t18-,27+/m1/s1. The summed E-state index contributed by atoms with van der Waals surface area (Å²) < 4.78 is 12.3. The summed E-state index contributed by atoms with van der Waals surface area (Å²) in [6.07, 6.45) is 1.53. The molecule has 1 fully saturated rings. The molecule has 1 aromatic heterocycles. The molecular weight excluding hydrogens is 606 g/mol. The Morgan fingerprint density at radius 1 is 1.14 bits per heavy atom. The number of aliphatic hydroxyl groups excluding tert-OH is 1. The summed E-state index contributed by atoms with van der Waals surface area (Å²) in [6, 6.07) is 19.1. The molecular formula is C32H28ClN3O5S2. The third kappa shape index (κ3) is 5.87. The quantitative estimate of drug-likeness (QED) is 0.0678. The van der Waals surface area contributed by atoms with Crippen LogP contribution in [0.25, 0.3) is 5.76 Å². The molecule has 1 amide bonds. The van der Waals surface area contributed by atoms with Crippen LogP contribution in [0.15, 0.2) is 76.6 Å². The lowest BCUT2D eigenvalue weighted by Crippen LogP contribution is -2.29. The number of hydrogen-bond donors (Lipinski definition) is 1. The maximum atomic E-state index is 13.7. The van der Waals surface area contributed by atoms with Crippen molar-refractivity contribution in [3.05, 3.63) is 99.6 Å².